The number of likely N-dealkylation sites (tertiary alicyclic amines) is 2. The van der Waals surface area contributed by atoms with Crippen molar-refractivity contribution in [3.8, 4) is 0 Å². The van der Waals surface area contributed by atoms with Crippen LogP contribution in [-0.4, -0.2) is 72.0 Å². The van der Waals surface area contributed by atoms with Gasteiger partial charge in [0.05, 0.1) is 19.2 Å². The van der Waals surface area contributed by atoms with E-state index in [0.717, 1.165) is 25.7 Å². The quantitative estimate of drug-likeness (QED) is 0.798. The number of carbonyl (C=O) groups is 3. The largest absolute Gasteiger partial charge is 0.366 e. The second kappa shape index (κ2) is 7.55. The van der Waals surface area contributed by atoms with Gasteiger partial charge in [-0.25, -0.2) is 0 Å². The number of nitrogens with one attached hydrogen (secondary N) is 1. The van der Waals surface area contributed by atoms with Crippen molar-refractivity contribution >= 4 is 17.7 Å². The summed E-state index contributed by atoms with van der Waals surface area (Å²) in [7, 11) is 0. The Morgan fingerprint density at radius 2 is 1.77 bits per heavy atom. The summed E-state index contributed by atoms with van der Waals surface area (Å²) in [6.07, 6.45) is 3.37. The first-order valence-corrected chi connectivity index (χ1v) is 9.79. The van der Waals surface area contributed by atoms with Gasteiger partial charge in [0.2, 0.25) is 17.7 Å². The number of ether oxygens (including phenoxy) is 1. The fourth-order valence-corrected chi connectivity index (χ4v) is 4.26. The zero-order chi connectivity index (χ0) is 18.9. The summed E-state index contributed by atoms with van der Waals surface area (Å²) in [5.41, 5.74) is -0.188. The van der Waals surface area contributed by atoms with E-state index in [2.05, 4.69) is 5.32 Å². The highest BCUT2D eigenvalue weighted by Crippen LogP contribution is 2.38. The Balaban J connectivity index is 1.37. The van der Waals surface area contributed by atoms with Gasteiger partial charge in [0.1, 0.15) is 5.60 Å². The molecule has 3 aliphatic heterocycles. The number of hydrogen-bond donors (Lipinski definition) is 1. The summed E-state index contributed by atoms with van der Waals surface area (Å²) in [5.74, 6) is 0.358. The van der Waals surface area contributed by atoms with Gasteiger partial charge < -0.3 is 19.9 Å². The lowest BCUT2D eigenvalue weighted by atomic mass is 9.89. The standard InChI is InChI=1S/C19H31N3O4/c1-13(2)18(25)22-11-19(12-22)7-4-16(26-19)10-20-17(24)15-5-8-21(9-6-15)14(3)23/h13,15-16H,4-12H2,1-3H3,(H,20,24). The van der Waals surface area contributed by atoms with E-state index in [9.17, 15) is 14.4 Å². The second-order valence-electron chi connectivity index (χ2n) is 8.34. The van der Waals surface area contributed by atoms with Crippen molar-refractivity contribution in [2.45, 2.75) is 58.2 Å². The minimum absolute atomic E-state index is 0.0104. The van der Waals surface area contributed by atoms with Crippen LogP contribution < -0.4 is 5.32 Å². The van der Waals surface area contributed by atoms with Crippen molar-refractivity contribution in [2.75, 3.05) is 32.7 Å². The molecular formula is C19H31N3O4. The van der Waals surface area contributed by atoms with Gasteiger partial charge in [0.15, 0.2) is 0 Å². The fourth-order valence-electron chi connectivity index (χ4n) is 4.26. The van der Waals surface area contributed by atoms with Crippen LogP contribution >= 0.6 is 0 Å². The van der Waals surface area contributed by atoms with Gasteiger partial charge in [-0.3, -0.25) is 14.4 Å². The summed E-state index contributed by atoms with van der Waals surface area (Å²) in [6, 6.07) is 0. The van der Waals surface area contributed by atoms with E-state index in [1.54, 1.807) is 11.8 Å². The minimum atomic E-state index is -0.188. The first kappa shape index (κ1) is 19.1. The number of hydrogen-bond acceptors (Lipinski definition) is 4. The van der Waals surface area contributed by atoms with Crippen LogP contribution in [-0.2, 0) is 19.1 Å². The highest BCUT2D eigenvalue weighted by Gasteiger charge is 2.51. The molecule has 0 bridgehead atoms. The van der Waals surface area contributed by atoms with Crippen molar-refractivity contribution in [1.29, 1.82) is 0 Å². The maximum atomic E-state index is 12.4. The molecule has 0 aromatic carbocycles. The molecule has 3 rings (SSSR count). The van der Waals surface area contributed by atoms with Crippen LogP contribution in [0, 0.1) is 11.8 Å². The molecule has 0 aliphatic carbocycles. The van der Waals surface area contributed by atoms with Crippen molar-refractivity contribution in [2.24, 2.45) is 11.8 Å². The van der Waals surface area contributed by atoms with E-state index in [-0.39, 0.29) is 41.3 Å². The maximum Gasteiger partial charge on any atom is 0.225 e. The second-order valence-corrected chi connectivity index (χ2v) is 8.34. The molecule has 1 N–H and O–H groups in total. The van der Waals surface area contributed by atoms with E-state index >= 15 is 0 Å². The van der Waals surface area contributed by atoms with Gasteiger partial charge in [-0.05, 0) is 25.7 Å². The molecule has 0 aromatic rings. The Bertz CT molecular complexity index is 563. The van der Waals surface area contributed by atoms with Crippen LogP contribution in [0.1, 0.15) is 46.5 Å². The van der Waals surface area contributed by atoms with Crippen molar-refractivity contribution in [3.05, 3.63) is 0 Å². The monoisotopic (exact) mass is 365 g/mol. The average molecular weight is 365 g/mol. The predicted molar refractivity (Wildman–Crippen MR) is 96.2 cm³/mol. The number of piperidine rings is 1. The summed E-state index contributed by atoms with van der Waals surface area (Å²) in [6.45, 7) is 8.63. The van der Waals surface area contributed by atoms with Crippen LogP contribution in [0.2, 0.25) is 0 Å². The molecule has 3 amide bonds. The fraction of sp³-hybridized carbons (Fsp3) is 0.842. The zero-order valence-electron chi connectivity index (χ0n) is 16.1. The van der Waals surface area contributed by atoms with Gasteiger partial charge in [-0.2, -0.15) is 0 Å². The predicted octanol–water partition coefficient (Wildman–Crippen LogP) is 0.777. The lowest BCUT2D eigenvalue weighted by molar-refractivity contribution is -0.167. The minimum Gasteiger partial charge on any atom is -0.366 e. The Kier molecular flexibility index (Phi) is 5.55. The Hall–Kier alpha value is -1.63. The van der Waals surface area contributed by atoms with Gasteiger partial charge in [0.25, 0.3) is 0 Å². The molecule has 0 radical (unpaired) electrons. The smallest absolute Gasteiger partial charge is 0.225 e. The third kappa shape index (κ3) is 4.03. The normalized spacial score (nSPS) is 25.5. The summed E-state index contributed by atoms with van der Waals surface area (Å²) in [5, 5.41) is 3.03. The van der Waals surface area contributed by atoms with E-state index in [0.29, 0.717) is 32.7 Å². The molecule has 7 nitrogen and oxygen atoms in total. The molecule has 3 aliphatic rings. The van der Waals surface area contributed by atoms with Gasteiger partial charge in [-0.15, -0.1) is 0 Å². The summed E-state index contributed by atoms with van der Waals surface area (Å²) in [4.78, 5) is 39.4. The third-order valence-electron chi connectivity index (χ3n) is 5.92. The molecule has 0 saturated carbocycles. The topological polar surface area (TPSA) is 79.0 Å². The van der Waals surface area contributed by atoms with Crippen molar-refractivity contribution in [1.82, 2.24) is 15.1 Å². The third-order valence-corrected chi connectivity index (χ3v) is 5.92. The number of nitrogens with zero attached hydrogens (tertiary/aromatic N) is 2. The molecule has 3 heterocycles. The van der Waals surface area contributed by atoms with Gasteiger partial charge in [0, 0.05) is 38.4 Å². The highest BCUT2D eigenvalue weighted by molar-refractivity contribution is 5.80. The molecule has 1 unspecified atom stereocenters. The Labute approximate surface area is 155 Å². The van der Waals surface area contributed by atoms with Crippen molar-refractivity contribution < 1.29 is 19.1 Å². The SMILES string of the molecule is CC(=O)N1CCC(C(=O)NCC2CCC3(CN(C(=O)C(C)C)C3)O2)CC1. The molecule has 7 heteroatoms. The summed E-state index contributed by atoms with van der Waals surface area (Å²) < 4.78 is 6.17. The average Bonchev–Trinajstić information content (AvgIpc) is 3.02. The van der Waals surface area contributed by atoms with Gasteiger partial charge >= 0.3 is 0 Å². The van der Waals surface area contributed by atoms with Crippen LogP contribution in [0.4, 0.5) is 0 Å². The molecule has 0 aromatic heterocycles. The van der Waals surface area contributed by atoms with E-state index in [1.807, 2.05) is 18.7 Å². The Morgan fingerprint density at radius 1 is 1.12 bits per heavy atom. The summed E-state index contributed by atoms with van der Waals surface area (Å²) >= 11 is 0. The van der Waals surface area contributed by atoms with E-state index < -0.39 is 0 Å². The molecule has 3 fully saturated rings. The molecular weight excluding hydrogens is 334 g/mol. The first-order chi connectivity index (χ1) is 12.3. The molecule has 1 spiro atoms. The van der Waals surface area contributed by atoms with Crippen LogP contribution in [0.5, 0.6) is 0 Å². The van der Waals surface area contributed by atoms with Gasteiger partial charge in [-0.1, -0.05) is 13.8 Å². The molecule has 1 atom stereocenters. The van der Waals surface area contributed by atoms with Crippen molar-refractivity contribution in [3.63, 3.8) is 0 Å². The molecule has 3 saturated heterocycles. The van der Waals surface area contributed by atoms with E-state index in [1.165, 1.54) is 0 Å². The first-order valence-electron chi connectivity index (χ1n) is 9.79. The van der Waals surface area contributed by atoms with Crippen LogP contribution in [0.15, 0.2) is 0 Å². The number of amides is 3. The number of rotatable bonds is 4. The lowest BCUT2D eigenvalue weighted by Crippen LogP contribution is -2.64. The Morgan fingerprint density at radius 3 is 2.35 bits per heavy atom. The van der Waals surface area contributed by atoms with Crippen LogP contribution in [0.25, 0.3) is 0 Å². The molecule has 26 heavy (non-hydrogen) atoms. The van der Waals surface area contributed by atoms with Crippen LogP contribution in [0.3, 0.4) is 0 Å². The van der Waals surface area contributed by atoms with E-state index in [4.69, 9.17) is 4.74 Å². The molecule has 146 valence electrons. The lowest BCUT2D eigenvalue weighted by Gasteiger charge is -2.48. The maximum absolute atomic E-state index is 12.4. The zero-order valence-corrected chi connectivity index (χ0v) is 16.1. The number of carbonyl (C=O) groups excluding carboxylic acids is 3. The highest BCUT2D eigenvalue weighted by atomic mass is 16.5.